The van der Waals surface area contributed by atoms with Gasteiger partial charge in [-0.15, -0.1) is 0 Å². The quantitative estimate of drug-likeness (QED) is 0.795. The van der Waals surface area contributed by atoms with Gasteiger partial charge in [-0.05, 0) is 55.1 Å². The minimum atomic E-state index is -0.335. The first kappa shape index (κ1) is 15.6. The smallest absolute Gasteiger partial charge is 0.231 e. The van der Waals surface area contributed by atoms with Crippen molar-refractivity contribution < 1.29 is 18.6 Å². The number of hydrogen-bond acceptors (Lipinski definition) is 4. The monoisotopic (exact) mass is 317 g/mol. The van der Waals surface area contributed by atoms with E-state index in [-0.39, 0.29) is 18.5 Å². The van der Waals surface area contributed by atoms with Crippen LogP contribution in [0.3, 0.4) is 0 Å². The van der Waals surface area contributed by atoms with E-state index >= 15 is 0 Å². The highest BCUT2D eigenvalue weighted by Crippen LogP contribution is 2.35. The van der Waals surface area contributed by atoms with E-state index in [0.717, 1.165) is 29.9 Å². The van der Waals surface area contributed by atoms with Crippen LogP contribution in [-0.2, 0) is 0 Å². The second-order valence-corrected chi connectivity index (χ2v) is 5.47. The van der Waals surface area contributed by atoms with Crippen LogP contribution in [0, 0.1) is 5.82 Å². The molecule has 2 N–H and O–H groups in total. The molecule has 1 heterocycles. The van der Waals surface area contributed by atoms with Crippen molar-refractivity contribution in [3.63, 3.8) is 0 Å². The zero-order valence-corrected chi connectivity index (χ0v) is 12.8. The molecule has 0 aromatic heterocycles. The fourth-order valence-corrected chi connectivity index (χ4v) is 2.66. The molecule has 0 fully saturated rings. The Morgan fingerprint density at radius 2 is 1.96 bits per heavy atom. The van der Waals surface area contributed by atoms with Gasteiger partial charge in [-0.1, -0.05) is 18.2 Å². The summed E-state index contributed by atoms with van der Waals surface area (Å²) in [4.78, 5) is 0. The SMILES string of the molecule is NCC(CCCOc1ccccc1F)c1ccc2c(c1)OCO2. The Bertz CT molecular complexity index is 662. The first-order valence-corrected chi connectivity index (χ1v) is 7.75. The normalized spacial score (nSPS) is 13.8. The van der Waals surface area contributed by atoms with E-state index in [1.54, 1.807) is 18.2 Å². The Balaban J connectivity index is 1.53. The zero-order chi connectivity index (χ0) is 16.1. The average molecular weight is 317 g/mol. The van der Waals surface area contributed by atoms with Crippen molar-refractivity contribution in [3.05, 3.63) is 53.8 Å². The third-order valence-corrected chi connectivity index (χ3v) is 3.94. The van der Waals surface area contributed by atoms with Gasteiger partial charge in [0.15, 0.2) is 23.1 Å². The summed E-state index contributed by atoms with van der Waals surface area (Å²) in [6.07, 6.45) is 1.66. The van der Waals surface area contributed by atoms with E-state index in [1.165, 1.54) is 6.07 Å². The fourth-order valence-electron chi connectivity index (χ4n) is 2.66. The second kappa shape index (κ2) is 7.33. The van der Waals surface area contributed by atoms with Crippen LogP contribution in [0.4, 0.5) is 4.39 Å². The van der Waals surface area contributed by atoms with Crippen LogP contribution >= 0.6 is 0 Å². The standard InChI is InChI=1S/C18H20FNO3/c19-15-5-1-2-6-16(15)21-9-3-4-14(11-20)13-7-8-17-18(10-13)23-12-22-17/h1-2,5-8,10,14H,3-4,9,11-12,20H2. The van der Waals surface area contributed by atoms with Gasteiger partial charge in [-0.25, -0.2) is 4.39 Å². The molecule has 0 radical (unpaired) electrons. The van der Waals surface area contributed by atoms with Crippen LogP contribution in [-0.4, -0.2) is 19.9 Å². The van der Waals surface area contributed by atoms with Gasteiger partial charge in [0, 0.05) is 0 Å². The maximum atomic E-state index is 13.5. The molecule has 0 saturated heterocycles. The molecule has 2 aromatic rings. The third-order valence-electron chi connectivity index (χ3n) is 3.94. The number of ether oxygens (including phenoxy) is 3. The van der Waals surface area contributed by atoms with Crippen LogP contribution < -0.4 is 19.9 Å². The maximum absolute atomic E-state index is 13.5. The molecule has 0 amide bonds. The van der Waals surface area contributed by atoms with E-state index in [1.807, 2.05) is 18.2 Å². The van der Waals surface area contributed by atoms with Crippen molar-refractivity contribution in [2.45, 2.75) is 18.8 Å². The Hall–Kier alpha value is -2.27. The van der Waals surface area contributed by atoms with Gasteiger partial charge in [0.25, 0.3) is 0 Å². The molecule has 0 spiro atoms. The highest BCUT2D eigenvalue weighted by Gasteiger charge is 2.17. The minimum Gasteiger partial charge on any atom is -0.491 e. The van der Waals surface area contributed by atoms with Crippen LogP contribution in [0.5, 0.6) is 17.2 Å². The van der Waals surface area contributed by atoms with E-state index in [0.29, 0.717) is 18.9 Å². The number of hydrogen-bond donors (Lipinski definition) is 1. The van der Waals surface area contributed by atoms with E-state index in [4.69, 9.17) is 19.9 Å². The Labute approximate surface area is 135 Å². The average Bonchev–Trinajstić information content (AvgIpc) is 3.04. The molecule has 0 bridgehead atoms. The molecular weight excluding hydrogens is 297 g/mol. The van der Waals surface area contributed by atoms with Crippen molar-refractivity contribution in [2.75, 3.05) is 19.9 Å². The Kier molecular flexibility index (Phi) is 4.98. The first-order valence-electron chi connectivity index (χ1n) is 7.75. The molecule has 0 saturated carbocycles. The van der Waals surface area contributed by atoms with Gasteiger partial charge < -0.3 is 19.9 Å². The summed E-state index contributed by atoms with van der Waals surface area (Å²) in [5, 5.41) is 0. The van der Waals surface area contributed by atoms with Gasteiger partial charge in [-0.2, -0.15) is 0 Å². The van der Waals surface area contributed by atoms with Gasteiger partial charge >= 0.3 is 0 Å². The number of para-hydroxylation sites is 1. The summed E-state index contributed by atoms with van der Waals surface area (Å²) in [6, 6.07) is 12.3. The second-order valence-electron chi connectivity index (χ2n) is 5.47. The summed E-state index contributed by atoms with van der Waals surface area (Å²) in [7, 11) is 0. The summed E-state index contributed by atoms with van der Waals surface area (Å²) in [5.41, 5.74) is 7.02. The fraction of sp³-hybridized carbons (Fsp3) is 0.333. The molecule has 1 aliphatic heterocycles. The number of nitrogens with two attached hydrogens (primary N) is 1. The molecule has 4 nitrogen and oxygen atoms in total. The number of benzene rings is 2. The lowest BCUT2D eigenvalue weighted by Gasteiger charge is -2.16. The number of fused-ring (bicyclic) bond motifs is 1. The lowest BCUT2D eigenvalue weighted by molar-refractivity contribution is 0.174. The third kappa shape index (κ3) is 3.74. The maximum Gasteiger partial charge on any atom is 0.231 e. The van der Waals surface area contributed by atoms with Crippen molar-refractivity contribution >= 4 is 0 Å². The lowest BCUT2D eigenvalue weighted by atomic mass is 9.94. The topological polar surface area (TPSA) is 53.7 Å². The minimum absolute atomic E-state index is 0.216. The predicted octanol–water partition coefficient (Wildman–Crippen LogP) is 3.46. The largest absolute Gasteiger partial charge is 0.491 e. The van der Waals surface area contributed by atoms with Crippen molar-refractivity contribution in [1.82, 2.24) is 0 Å². The molecule has 2 aromatic carbocycles. The van der Waals surface area contributed by atoms with E-state index < -0.39 is 0 Å². The summed E-state index contributed by atoms with van der Waals surface area (Å²) >= 11 is 0. The van der Waals surface area contributed by atoms with Crippen LogP contribution in [0.25, 0.3) is 0 Å². The highest BCUT2D eigenvalue weighted by atomic mass is 19.1. The van der Waals surface area contributed by atoms with E-state index in [2.05, 4.69) is 0 Å². The summed E-state index contributed by atoms with van der Waals surface area (Å²) in [5.74, 6) is 1.71. The van der Waals surface area contributed by atoms with Crippen molar-refractivity contribution in [3.8, 4) is 17.2 Å². The number of halogens is 1. The lowest BCUT2D eigenvalue weighted by Crippen LogP contribution is -2.14. The Morgan fingerprint density at radius 1 is 1.13 bits per heavy atom. The van der Waals surface area contributed by atoms with Gasteiger partial charge in [-0.3, -0.25) is 0 Å². The zero-order valence-electron chi connectivity index (χ0n) is 12.8. The molecule has 23 heavy (non-hydrogen) atoms. The summed E-state index contributed by atoms with van der Waals surface area (Å²) in [6.45, 7) is 1.27. The molecule has 3 rings (SSSR count). The Morgan fingerprint density at radius 3 is 2.78 bits per heavy atom. The highest BCUT2D eigenvalue weighted by molar-refractivity contribution is 5.45. The predicted molar refractivity (Wildman–Crippen MR) is 85.5 cm³/mol. The molecule has 1 unspecified atom stereocenters. The number of rotatable bonds is 7. The molecule has 1 aliphatic rings. The van der Waals surface area contributed by atoms with Crippen molar-refractivity contribution in [2.24, 2.45) is 5.73 Å². The molecule has 1 atom stereocenters. The van der Waals surface area contributed by atoms with Crippen LogP contribution in [0.15, 0.2) is 42.5 Å². The molecular formula is C18H20FNO3. The van der Waals surface area contributed by atoms with Crippen molar-refractivity contribution in [1.29, 1.82) is 0 Å². The molecule has 0 aliphatic carbocycles. The van der Waals surface area contributed by atoms with Gasteiger partial charge in [0.05, 0.1) is 6.61 Å². The van der Waals surface area contributed by atoms with Crippen LogP contribution in [0.2, 0.25) is 0 Å². The molecule has 5 heteroatoms. The van der Waals surface area contributed by atoms with Gasteiger partial charge in [0.2, 0.25) is 6.79 Å². The van der Waals surface area contributed by atoms with Gasteiger partial charge in [0.1, 0.15) is 0 Å². The van der Waals surface area contributed by atoms with Crippen LogP contribution in [0.1, 0.15) is 24.3 Å². The molecule has 122 valence electrons. The van der Waals surface area contributed by atoms with E-state index in [9.17, 15) is 4.39 Å². The summed E-state index contributed by atoms with van der Waals surface area (Å²) < 4.78 is 29.7. The first-order chi connectivity index (χ1) is 11.3.